The Balaban J connectivity index is 2.32. The number of hydrogen-bond acceptors (Lipinski definition) is 5. The molecule has 2 aromatic rings. The molecule has 1 N–H and O–H groups in total. The van der Waals surface area contributed by atoms with Crippen LogP contribution in [0.4, 0.5) is 0 Å². The first-order valence-electron chi connectivity index (χ1n) is 11.1. The average Bonchev–Trinajstić information content (AvgIpc) is 2.83. The predicted octanol–water partition coefficient (Wildman–Crippen LogP) is 5.11. The Labute approximate surface area is 211 Å². The van der Waals surface area contributed by atoms with Gasteiger partial charge in [-0.2, -0.15) is 0 Å². The number of hydrogen-bond donors (Lipinski definition) is 1. The minimum atomic E-state index is -0.725. The Morgan fingerprint density at radius 1 is 0.971 bits per heavy atom. The number of ether oxygens (including phenoxy) is 3. The Bertz CT molecular complexity index is 943. The van der Waals surface area contributed by atoms with Crippen molar-refractivity contribution in [2.45, 2.75) is 52.2 Å². The van der Waals surface area contributed by atoms with Crippen molar-refractivity contribution in [2.75, 3.05) is 20.8 Å². The summed E-state index contributed by atoms with van der Waals surface area (Å²) in [4.78, 5) is 27.9. The number of benzene rings is 2. The molecular formula is C25H32Cl2N2O5. The van der Waals surface area contributed by atoms with Crippen molar-refractivity contribution in [3.8, 4) is 17.2 Å². The van der Waals surface area contributed by atoms with E-state index in [1.807, 2.05) is 20.8 Å². The lowest BCUT2D eigenvalue weighted by Crippen LogP contribution is -2.51. The van der Waals surface area contributed by atoms with Crippen LogP contribution in [0, 0.1) is 0 Å². The van der Waals surface area contributed by atoms with E-state index in [0.717, 1.165) is 6.42 Å². The van der Waals surface area contributed by atoms with Crippen molar-refractivity contribution < 1.29 is 23.8 Å². The monoisotopic (exact) mass is 510 g/mol. The molecule has 7 nitrogen and oxygen atoms in total. The van der Waals surface area contributed by atoms with Crippen molar-refractivity contribution in [3.63, 3.8) is 0 Å². The summed E-state index contributed by atoms with van der Waals surface area (Å²) >= 11 is 12.7. The van der Waals surface area contributed by atoms with E-state index in [9.17, 15) is 9.59 Å². The van der Waals surface area contributed by atoms with Gasteiger partial charge in [-0.3, -0.25) is 9.59 Å². The molecule has 0 aliphatic heterocycles. The summed E-state index contributed by atoms with van der Waals surface area (Å²) in [5.41, 5.74) is 0.567. The van der Waals surface area contributed by atoms with Crippen LogP contribution in [0.5, 0.6) is 17.2 Å². The molecule has 0 aliphatic carbocycles. The molecule has 2 rings (SSSR count). The van der Waals surface area contributed by atoms with Crippen LogP contribution in [-0.2, 0) is 16.1 Å². The number of carbonyl (C=O) groups is 2. The molecule has 2 aromatic carbocycles. The number of carbonyl (C=O) groups excluding carboxylic acids is 2. The quantitative estimate of drug-likeness (QED) is 0.429. The lowest BCUT2D eigenvalue weighted by atomic mass is 10.1. The summed E-state index contributed by atoms with van der Waals surface area (Å²) in [5, 5.41) is 3.80. The third-order valence-corrected chi connectivity index (χ3v) is 6.17. The molecule has 0 unspecified atom stereocenters. The highest BCUT2D eigenvalue weighted by Crippen LogP contribution is 2.29. The smallest absolute Gasteiger partial charge is 0.261 e. The van der Waals surface area contributed by atoms with E-state index in [1.54, 1.807) is 36.4 Å². The predicted molar refractivity (Wildman–Crippen MR) is 134 cm³/mol. The summed E-state index contributed by atoms with van der Waals surface area (Å²) in [6, 6.07) is 9.38. The van der Waals surface area contributed by atoms with Gasteiger partial charge in [0.15, 0.2) is 6.61 Å². The molecule has 0 heterocycles. The minimum Gasteiger partial charge on any atom is -0.496 e. The standard InChI is InChI=1S/C25H32Cl2N2O5/c1-6-16(3)28-25(31)23(7-2)29(14-20-21(26)9-8-10-22(20)27)24(30)15-34-19-12-17(32-4)11-18(13-19)33-5/h8-13,16,23H,6-7,14-15H2,1-5H3,(H,28,31)/t16-,23+/m0/s1. The normalized spacial score (nSPS) is 12.4. The summed E-state index contributed by atoms with van der Waals surface area (Å²) in [6.45, 7) is 5.51. The fourth-order valence-corrected chi connectivity index (χ4v) is 3.82. The van der Waals surface area contributed by atoms with E-state index in [0.29, 0.717) is 39.3 Å². The number of nitrogens with zero attached hydrogens (tertiary/aromatic N) is 1. The van der Waals surface area contributed by atoms with Crippen LogP contribution in [0.3, 0.4) is 0 Å². The van der Waals surface area contributed by atoms with Crippen molar-refractivity contribution in [3.05, 3.63) is 52.0 Å². The van der Waals surface area contributed by atoms with E-state index in [2.05, 4.69) is 5.32 Å². The van der Waals surface area contributed by atoms with Crippen molar-refractivity contribution in [2.24, 2.45) is 0 Å². The van der Waals surface area contributed by atoms with Crippen molar-refractivity contribution >= 4 is 35.0 Å². The van der Waals surface area contributed by atoms with Crippen LogP contribution in [0.1, 0.15) is 39.2 Å². The zero-order valence-corrected chi connectivity index (χ0v) is 21.7. The highest BCUT2D eigenvalue weighted by Gasteiger charge is 2.30. The van der Waals surface area contributed by atoms with Crippen LogP contribution in [-0.4, -0.2) is 49.6 Å². The Morgan fingerprint density at radius 2 is 1.53 bits per heavy atom. The zero-order valence-electron chi connectivity index (χ0n) is 20.2. The average molecular weight is 511 g/mol. The van der Waals surface area contributed by atoms with E-state index in [1.165, 1.54) is 19.1 Å². The van der Waals surface area contributed by atoms with Crippen LogP contribution in [0.15, 0.2) is 36.4 Å². The second-order valence-corrected chi connectivity index (χ2v) is 8.62. The van der Waals surface area contributed by atoms with Gasteiger partial charge in [0.05, 0.1) is 14.2 Å². The van der Waals surface area contributed by atoms with Crippen molar-refractivity contribution in [1.82, 2.24) is 10.2 Å². The van der Waals surface area contributed by atoms with Crippen LogP contribution >= 0.6 is 23.2 Å². The van der Waals surface area contributed by atoms with Crippen LogP contribution in [0.2, 0.25) is 10.0 Å². The lowest BCUT2D eigenvalue weighted by molar-refractivity contribution is -0.143. The maximum Gasteiger partial charge on any atom is 0.261 e. The molecule has 0 fully saturated rings. The molecule has 0 spiro atoms. The van der Waals surface area contributed by atoms with E-state index < -0.39 is 6.04 Å². The van der Waals surface area contributed by atoms with Gasteiger partial charge >= 0.3 is 0 Å². The molecule has 9 heteroatoms. The van der Waals surface area contributed by atoms with Crippen LogP contribution < -0.4 is 19.5 Å². The third-order valence-electron chi connectivity index (χ3n) is 5.46. The number of nitrogens with one attached hydrogen (secondary N) is 1. The zero-order chi connectivity index (χ0) is 25.3. The summed E-state index contributed by atoms with van der Waals surface area (Å²) in [6.07, 6.45) is 1.18. The Hall–Kier alpha value is -2.64. The fourth-order valence-electron chi connectivity index (χ4n) is 3.31. The highest BCUT2D eigenvalue weighted by molar-refractivity contribution is 6.36. The molecule has 0 radical (unpaired) electrons. The molecule has 0 bridgehead atoms. The fraction of sp³-hybridized carbons (Fsp3) is 0.440. The van der Waals surface area contributed by atoms with E-state index >= 15 is 0 Å². The van der Waals surface area contributed by atoms with Gasteiger partial charge in [0.2, 0.25) is 5.91 Å². The molecular weight excluding hydrogens is 479 g/mol. The van der Waals surface area contributed by atoms with Gasteiger partial charge in [0, 0.05) is 46.4 Å². The maximum absolute atomic E-state index is 13.4. The van der Waals surface area contributed by atoms with Crippen LogP contribution in [0.25, 0.3) is 0 Å². The molecule has 34 heavy (non-hydrogen) atoms. The van der Waals surface area contributed by atoms with Gasteiger partial charge in [-0.1, -0.05) is 43.1 Å². The van der Waals surface area contributed by atoms with Gasteiger partial charge in [-0.15, -0.1) is 0 Å². The lowest BCUT2D eigenvalue weighted by Gasteiger charge is -2.32. The molecule has 0 aromatic heterocycles. The SMILES string of the molecule is CC[C@H](C(=O)N[C@@H](C)CC)N(Cc1c(Cl)cccc1Cl)C(=O)COc1cc(OC)cc(OC)c1. The van der Waals surface area contributed by atoms with Gasteiger partial charge in [-0.05, 0) is 31.9 Å². The first-order chi connectivity index (χ1) is 16.2. The third kappa shape index (κ3) is 7.43. The first kappa shape index (κ1) is 27.6. The number of methoxy groups -OCH3 is 2. The number of rotatable bonds is 12. The molecule has 0 aliphatic rings. The second-order valence-electron chi connectivity index (χ2n) is 7.80. The largest absolute Gasteiger partial charge is 0.496 e. The number of amides is 2. The van der Waals surface area contributed by atoms with Crippen molar-refractivity contribution in [1.29, 1.82) is 0 Å². The first-order valence-corrected chi connectivity index (χ1v) is 11.9. The van der Waals surface area contributed by atoms with E-state index in [-0.39, 0.29) is 31.0 Å². The Kier molecular flexibility index (Phi) is 10.8. The highest BCUT2D eigenvalue weighted by atomic mass is 35.5. The Morgan fingerprint density at radius 3 is 2.03 bits per heavy atom. The molecule has 186 valence electrons. The summed E-state index contributed by atoms with van der Waals surface area (Å²) in [7, 11) is 3.06. The number of halogens is 2. The molecule has 2 atom stereocenters. The molecule has 0 saturated carbocycles. The topological polar surface area (TPSA) is 77.1 Å². The van der Waals surface area contributed by atoms with Gasteiger partial charge in [0.25, 0.3) is 5.91 Å². The molecule has 0 saturated heterocycles. The summed E-state index contributed by atoms with van der Waals surface area (Å²) in [5.74, 6) is 0.833. The summed E-state index contributed by atoms with van der Waals surface area (Å²) < 4.78 is 16.3. The second kappa shape index (κ2) is 13.3. The van der Waals surface area contributed by atoms with Gasteiger partial charge in [0.1, 0.15) is 23.3 Å². The minimum absolute atomic E-state index is 0.0251. The maximum atomic E-state index is 13.4. The van der Waals surface area contributed by atoms with Gasteiger partial charge in [-0.25, -0.2) is 0 Å². The molecule has 2 amide bonds. The van der Waals surface area contributed by atoms with Gasteiger partial charge < -0.3 is 24.4 Å². The van der Waals surface area contributed by atoms with E-state index in [4.69, 9.17) is 37.4 Å².